The first-order valence-corrected chi connectivity index (χ1v) is 5.94. The fourth-order valence-electron chi connectivity index (χ4n) is 1.74. The van der Waals surface area contributed by atoms with E-state index in [2.05, 4.69) is 16.0 Å². The minimum Gasteiger partial charge on any atom is -0.481 e. The Hall–Kier alpha value is -1.79. The Kier molecular flexibility index (Phi) is 4.94. The van der Waals surface area contributed by atoms with Gasteiger partial charge in [-0.3, -0.25) is 9.59 Å². The Balaban J connectivity index is 2.41. The van der Waals surface area contributed by atoms with Crippen molar-refractivity contribution < 1.29 is 19.5 Å². The molecule has 1 saturated heterocycles. The first-order chi connectivity index (χ1) is 8.38. The van der Waals surface area contributed by atoms with Gasteiger partial charge in [0.05, 0.1) is 12.5 Å². The van der Waals surface area contributed by atoms with Gasteiger partial charge >= 0.3 is 12.0 Å². The van der Waals surface area contributed by atoms with Crippen LogP contribution in [0.15, 0.2) is 0 Å². The quantitative estimate of drug-likeness (QED) is 0.541. The zero-order valence-electron chi connectivity index (χ0n) is 10.5. The van der Waals surface area contributed by atoms with Crippen molar-refractivity contribution in [1.29, 1.82) is 0 Å². The van der Waals surface area contributed by atoms with Gasteiger partial charge in [0, 0.05) is 19.0 Å². The molecule has 3 amide bonds. The van der Waals surface area contributed by atoms with Crippen molar-refractivity contribution in [3.63, 3.8) is 0 Å². The molecule has 7 nitrogen and oxygen atoms in total. The number of urea groups is 1. The van der Waals surface area contributed by atoms with Gasteiger partial charge in [-0.15, -0.1) is 0 Å². The van der Waals surface area contributed by atoms with E-state index in [1.165, 1.54) is 0 Å². The molecular formula is C11H19N3O4. The number of carbonyl (C=O) groups is 3. The van der Waals surface area contributed by atoms with Crippen molar-refractivity contribution in [3.05, 3.63) is 0 Å². The Morgan fingerprint density at radius 2 is 2.17 bits per heavy atom. The number of nitrogens with one attached hydrogen (secondary N) is 3. The molecule has 18 heavy (non-hydrogen) atoms. The number of hydrogen-bond acceptors (Lipinski definition) is 3. The molecule has 1 rings (SSSR count). The van der Waals surface area contributed by atoms with E-state index in [4.69, 9.17) is 5.11 Å². The van der Waals surface area contributed by atoms with Crippen LogP contribution in [0.2, 0.25) is 0 Å². The van der Waals surface area contributed by atoms with Gasteiger partial charge in [-0.25, -0.2) is 4.79 Å². The summed E-state index contributed by atoms with van der Waals surface area (Å²) in [5.74, 6) is -1.02. The van der Waals surface area contributed by atoms with E-state index in [0.717, 1.165) is 0 Å². The second kappa shape index (κ2) is 6.23. The zero-order valence-corrected chi connectivity index (χ0v) is 10.5. The first kappa shape index (κ1) is 14.3. The number of amides is 3. The summed E-state index contributed by atoms with van der Waals surface area (Å²) >= 11 is 0. The van der Waals surface area contributed by atoms with E-state index >= 15 is 0 Å². The lowest BCUT2D eigenvalue weighted by Crippen LogP contribution is -2.49. The molecule has 0 spiro atoms. The van der Waals surface area contributed by atoms with Crippen LogP contribution in [0.4, 0.5) is 4.79 Å². The van der Waals surface area contributed by atoms with Crippen LogP contribution >= 0.6 is 0 Å². The molecule has 1 aliphatic rings. The van der Waals surface area contributed by atoms with Gasteiger partial charge in [-0.1, -0.05) is 13.8 Å². The van der Waals surface area contributed by atoms with E-state index in [1.807, 2.05) is 13.8 Å². The van der Waals surface area contributed by atoms with Gasteiger partial charge < -0.3 is 21.1 Å². The predicted molar refractivity (Wildman–Crippen MR) is 64.0 cm³/mol. The van der Waals surface area contributed by atoms with Gasteiger partial charge in [0.25, 0.3) is 0 Å². The molecule has 0 aromatic heterocycles. The molecule has 102 valence electrons. The fourth-order valence-corrected chi connectivity index (χ4v) is 1.74. The normalized spacial score (nSPS) is 20.4. The fraction of sp³-hybridized carbons (Fsp3) is 0.727. The van der Waals surface area contributed by atoms with Gasteiger partial charge in [-0.2, -0.15) is 0 Å². The van der Waals surface area contributed by atoms with Crippen molar-refractivity contribution in [2.45, 2.75) is 38.8 Å². The summed E-state index contributed by atoms with van der Waals surface area (Å²) in [4.78, 5) is 33.3. The van der Waals surface area contributed by atoms with E-state index in [-0.39, 0.29) is 30.7 Å². The smallest absolute Gasteiger partial charge is 0.315 e. The maximum absolute atomic E-state index is 11.6. The maximum Gasteiger partial charge on any atom is 0.315 e. The van der Waals surface area contributed by atoms with Crippen LogP contribution in [0.3, 0.4) is 0 Å². The number of rotatable bonds is 5. The Bertz CT molecular complexity index is 343. The van der Waals surface area contributed by atoms with Crippen LogP contribution in [-0.4, -0.2) is 41.6 Å². The number of carbonyl (C=O) groups excluding carboxylic acids is 2. The lowest BCUT2D eigenvalue weighted by molar-refractivity contribution is -0.137. The minimum atomic E-state index is -0.952. The lowest BCUT2D eigenvalue weighted by atomic mass is 10.0. The summed E-state index contributed by atoms with van der Waals surface area (Å²) in [5, 5.41) is 16.6. The maximum atomic E-state index is 11.6. The largest absolute Gasteiger partial charge is 0.481 e. The van der Waals surface area contributed by atoms with Gasteiger partial charge in [0.1, 0.15) is 0 Å². The van der Waals surface area contributed by atoms with Crippen molar-refractivity contribution in [2.24, 2.45) is 5.92 Å². The number of carboxylic acids is 1. The molecule has 7 heteroatoms. The average molecular weight is 257 g/mol. The molecule has 1 heterocycles. The molecule has 4 N–H and O–H groups in total. The van der Waals surface area contributed by atoms with E-state index in [1.54, 1.807) is 0 Å². The highest BCUT2D eigenvalue weighted by atomic mass is 16.4. The molecule has 1 aliphatic heterocycles. The zero-order chi connectivity index (χ0) is 13.7. The summed E-state index contributed by atoms with van der Waals surface area (Å²) in [5.41, 5.74) is 0. The van der Waals surface area contributed by atoms with Crippen molar-refractivity contribution in [1.82, 2.24) is 16.0 Å². The number of carboxylic acid groups (broad SMARTS) is 1. The van der Waals surface area contributed by atoms with Crippen molar-refractivity contribution in [2.75, 3.05) is 6.54 Å². The van der Waals surface area contributed by atoms with Crippen molar-refractivity contribution in [3.8, 4) is 0 Å². The van der Waals surface area contributed by atoms with Crippen LogP contribution in [0.25, 0.3) is 0 Å². The van der Waals surface area contributed by atoms with Crippen LogP contribution < -0.4 is 16.0 Å². The summed E-state index contributed by atoms with van der Waals surface area (Å²) in [6.45, 7) is 4.10. The molecule has 0 aliphatic carbocycles. The van der Waals surface area contributed by atoms with Gasteiger partial charge in [0.15, 0.2) is 0 Å². The van der Waals surface area contributed by atoms with Crippen molar-refractivity contribution >= 4 is 17.9 Å². The minimum absolute atomic E-state index is 0.0233. The standard InChI is InChI=1S/C11H19N3O4/c1-6(2)8(4-10(16)17)14-11(18)13-7-3-9(15)12-5-7/h6-8H,3-5H2,1-2H3,(H,12,15)(H,16,17)(H2,13,14,18). The molecule has 2 unspecified atom stereocenters. The Morgan fingerprint density at radius 1 is 1.50 bits per heavy atom. The van der Waals surface area contributed by atoms with E-state index in [0.29, 0.717) is 6.54 Å². The molecule has 0 radical (unpaired) electrons. The molecule has 2 atom stereocenters. The Labute approximate surface area is 105 Å². The molecule has 0 saturated carbocycles. The molecule has 0 bridgehead atoms. The average Bonchev–Trinajstić information content (AvgIpc) is 2.62. The molecular weight excluding hydrogens is 238 g/mol. The van der Waals surface area contributed by atoms with Crippen LogP contribution in [0.1, 0.15) is 26.7 Å². The van der Waals surface area contributed by atoms with Crippen LogP contribution in [0, 0.1) is 5.92 Å². The third-order valence-electron chi connectivity index (χ3n) is 2.83. The third kappa shape index (κ3) is 4.60. The highest BCUT2D eigenvalue weighted by Crippen LogP contribution is 2.06. The second-order valence-corrected chi connectivity index (χ2v) is 4.77. The van der Waals surface area contributed by atoms with Gasteiger partial charge in [-0.05, 0) is 5.92 Å². The van der Waals surface area contributed by atoms with E-state index < -0.39 is 18.0 Å². The van der Waals surface area contributed by atoms with Gasteiger partial charge in [0.2, 0.25) is 5.91 Å². The van der Waals surface area contributed by atoms with Crippen LogP contribution in [0.5, 0.6) is 0 Å². The summed E-state index contributed by atoms with van der Waals surface area (Å²) in [6.07, 6.45) is 0.144. The SMILES string of the molecule is CC(C)C(CC(=O)O)NC(=O)NC1CNC(=O)C1. The predicted octanol–water partition coefficient (Wildman–Crippen LogP) is -0.327. The lowest BCUT2D eigenvalue weighted by Gasteiger charge is -2.22. The number of hydrogen-bond donors (Lipinski definition) is 4. The number of aliphatic carboxylic acids is 1. The summed E-state index contributed by atoms with van der Waals surface area (Å²) < 4.78 is 0. The highest BCUT2D eigenvalue weighted by molar-refractivity contribution is 5.81. The summed E-state index contributed by atoms with van der Waals surface area (Å²) in [6, 6.07) is -1.08. The first-order valence-electron chi connectivity index (χ1n) is 5.94. The molecule has 0 aromatic rings. The second-order valence-electron chi connectivity index (χ2n) is 4.77. The van der Waals surface area contributed by atoms with E-state index in [9.17, 15) is 14.4 Å². The highest BCUT2D eigenvalue weighted by Gasteiger charge is 2.25. The third-order valence-corrected chi connectivity index (χ3v) is 2.83. The summed E-state index contributed by atoms with van der Waals surface area (Å²) in [7, 11) is 0. The van der Waals surface area contributed by atoms with Crippen LogP contribution in [-0.2, 0) is 9.59 Å². The monoisotopic (exact) mass is 257 g/mol. The Morgan fingerprint density at radius 3 is 2.61 bits per heavy atom. The molecule has 1 fully saturated rings. The molecule has 0 aromatic carbocycles. The topological polar surface area (TPSA) is 108 Å².